The molecule has 0 aliphatic heterocycles. The molecule has 6 N–H and O–H groups in total. The van der Waals surface area contributed by atoms with Crippen molar-refractivity contribution in [2.45, 2.75) is 9.79 Å². The number of hydrogen-bond donors (Lipinski definition) is 4. The highest BCUT2D eigenvalue weighted by molar-refractivity contribution is 7.86. The normalized spacial score (nSPS) is 11.8. The molecule has 0 saturated carbocycles. The molecule has 0 bridgehead atoms. The lowest BCUT2D eigenvalue weighted by molar-refractivity contribution is 0.0391. The van der Waals surface area contributed by atoms with Gasteiger partial charge in [-0.05, 0) is 36.4 Å². The highest BCUT2D eigenvalue weighted by Gasteiger charge is 2.27. The van der Waals surface area contributed by atoms with Gasteiger partial charge in [0.05, 0.1) is 11.1 Å². The van der Waals surface area contributed by atoms with Crippen molar-refractivity contribution in [3.63, 3.8) is 0 Å². The van der Waals surface area contributed by atoms with E-state index in [0.29, 0.717) is 0 Å². The summed E-state index contributed by atoms with van der Waals surface area (Å²) in [7, 11) is -9.77. The topological polar surface area (TPSA) is 204 Å². The quantitative estimate of drug-likeness (QED) is 0.231. The van der Waals surface area contributed by atoms with Crippen molar-refractivity contribution in [2.24, 2.45) is 0 Å². The van der Waals surface area contributed by atoms with E-state index < -0.39 is 53.1 Å². The second kappa shape index (κ2) is 6.96. The first-order chi connectivity index (χ1) is 12.3. The SMILES string of the molecule is Nc1ccc(C(=O)OC(=O)c2ccc(N)cc2S(=O)(=O)O)c(S(=O)(=O)O)c1. The monoisotopic (exact) mass is 416 g/mol. The largest absolute Gasteiger partial charge is 0.399 e. The molecule has 0 unspecified atom stereocenters. The standard InChI is InChI=1S/C14H12N2O9S2/c15-7-1-3-9(11(5-7)26(19,20)21)13(17)25-14(18)10-4-2-8(16)6-12(10)27(22,23)24/h1-6H,15-16H2,(H,19,20,21)(H,22,23,24). The smallest absolute Gasteiger partial charge is 0.347 e. The molecule has 11 nitrogen and oxygen atoms in total. The average Bonchev–Trinajstić information content (AvgIpc) is 2.52. The molecule has 0 fully saturated rings. The minimum absolute atomic E-state index is 0.0994. The van der Waals surface area contributed by atoms with Crippen LogP contribution in [0.2, 0.25) is 0 Å². The number of benzene rings is 2. The van der Waals surface area contributed by atoms with Crippen LogP contribution in [0.15, 0.2) is 46.2 Å². The maximum atomic E-state index is 12.1. The van der Waals surface area contributed by atoms with Crippen LogP contribution in [-0.2, 0) is 25.0 Å². The minimum Gasteiger partial charge on any atom is -0.399 e. The van der Waals surface area contributed by atoms with Crippen LogP contribution in [0.3, 0.4) is 0 Å². The van der Waals surface area contributed by atoms with Gasteiger partial charge in [0.25, 0.3) is 20.2 Å². The molecule has 2 rings (SSSR count). The fourth-order valence-electron chi connectivity index (χ4n) is 2.04. The summed E-state index contributed by atoms with van der Waals surface area (Å²) in [6, 6.07) is 5.54. The second-order valence-electron chi connectivity index (χ2n) is 5.14. The van der Waals surface area contributed by atoms with E-state index in [4.69, 9.17) is 11.5 Å². The van der Waals surface area contributed by atoms with Gasteiger partial charge < -0.3 is 16.2 Å². The van der Waals surface area contributed by atoms with Crippen LogP contribution in [0.1, 0.15) is 20.7 Å². The Kier molecular flexibility index (Phi) is 5.23. The summed E-state index contributed by atoms with van der Waals surface area (Å²) >= 11 is 0. The molecule has 0 aromatic heterocycles. The van der Waals surface area contributed by atoms with Crippen LogP contribution in [0.25, 0.3) is 0 Å². The second-order valence-corrected chi connectivity index (χ2v) is 7.92. The van der Waals surface area contributed by atoms with Gasteiger partial charge in [0.2, 0.25) is 0 Å². The maximum absolute atomic E-state index is 12.1. The van der Waals surface area contributed by atoms with E-state index in [1.54, 1.807) is 0 Å². The molecular formula is C14H12N2O9S2. The Hall–Kier alpha value is -3.00. The number of rotatable bonds is 4. The molecule has 0 heterocycles. The third-order valence-electron chi connectivity index (χ3n) is 3.19. The van der Waals surface area contributed by atoms with Crippen LogP contribution in [0, 0.1) is 0 Å². The van der Waals surface area contributed by atoms with Crippen molar-refractivity contribution in [2.75, 3.05) is 11.5 Å². The molecule has 0 spiro atoms. The van der Waals surface area contributed by atoms with Crippen molar-refractivity contribution in [3.05, 3.63) is 47.5 Å². The molecule has 0 saturated heterocycles. The molecule has 2 aromatic rings. The van der Waals surface area contributed by atoms with Crippen molar-refractivity contribution < 1.29 is 40.3 Å². The summed E-state index contributed by atoms with van der Waals surface area (Å²) < 4.78 is 68.3. The maximum Gasteiger partial charge on any atom is 0.347 e. The summed E-state index contributed by atoms with van der Waals surface area (Å²) in [5.41, 5.74) is 9.16. The first-order valence-electron chi connectivity index (χ1n) is 6.81. The summed E-state index contributed by atoms with van der Waals surface area (Å²) in [4.78, 5) is 22.5. The van der Waals surface area contributed by atoms with Crippen LogP contribution < -0.4 is 11.5 Å². The Balaban J connectivity index is 2.46. The van der Waals surface area contributed by atoms with E-state index in [1.807, 2.05) is 0 Å². The van der Waals surface area contributed by atoms with Gasteiger partial charge in [0.1, 0.15) is 9.79 Å². The van der Waals surface area contributed by atoms with E-state index in [-0.39, 0.29) is 11.4 Å². The molecule has 0 aliphatic carbocycles. The molecule has 0 atom stereocenters. The third-order valence-corrected chi connectivity index (χ3v) is 4.98. The molecule has 27 heavy (non-hydrogen) atoms. The third kappa shape index (κ3) is 4.59. The fourth-order valence-corrected chi connectivity index (χ4v) is 3.46. The number of nitrogen functional groups attached to an aromatic ring is 2. The highest BCUT2D eigenvalue weighted by Crippen LogP contribution is 2.23. The number of esters is 2. The van der Waals surface area contributed by atoms with E-state index in [2.05, 4.69) is 4.74 Å². The van der Waals surface area contributed by atoms with Crippen molar-refractivity contribution in [3.8, 4) is 0 Å². The molecule has 0 amide bonds. The summed E-state index contributed by atoms with van der Waals surface area (Å²) in [5, 5.41) is 0. The fraction of sp³-hybridized carbons (Fsp3) is 0. The molecular weight excluding hydrogens is 404 g/mol. The van der Waals surface area contributed by atoms with Gasteiger partial charge in [-0.25, -0.2) is 9.59 Å². The van der Waals surface area contributed by atoms with Crippen LogP contribution in [0.5, 0.6) is 0 Å². The Morgan fingerprint density at radius 2 is 1.07 bits per heavy atom. The van der Waals surface area contributed by atoms with Gasteiger partial charge in [-0.15, -0.1) is 0 Å². The van der Waals surface area contributed by atoms with Crippen molar-refractivity contribution in [1.82, 2.24) is 0 Å². The van der Waals surface area contributed by atoms with Crippen molar-refractivity contribution in [1.29, 1.82) is 0 Å². The van der Waals surface area contributed by atoms with Crippen LogP contribution in [0.4, 0.5) is 11.4 Å². The van der Waals surface area contributed by atoms with E-state index in [0.717, 1.165) is 36.4 Å². The lowest BCUT2D eigenvalue weighted by Crippen LogP contribution is -2.18. The Bertz CT molecular complexity index is 1060. The number of anilines is 2. The van der Waals surface area contributed by atoms with Crippen LogP contribution in [-0.4, -0.2) is 37.9 Å². The molecule has 2 aromatic carbocycles. The van der Waals surface area contributed by atoms with Gasteiger partial charge >= 0.3 is 11.9 Å². The van der Waals surface area contributed by atoms with Gasteiger partial charge in [-0.3, -0.25) is 9.11 Å². The van der Waals surface area contributed by atoms with E-state index in [1.165, 1.54) is 0 Å². The zero-order valence-corrected chi connectivity index (χ0v) is 14.8. The lowest BCUT2D eigenvalue weighted by Gasteiger charge is -2.09. The van der Waals surface area contributed by atoms with Gasteiger partial charge in [0.15, 0.2) is 0 Å². The average molecular weight is 416 g/mol. The van der Waals surface area contributed by atoms with Gasteiger partial charge in [-0.2, -0.15) is 16.8 Å². The lowest BCUT2D eigenvalue weighted by atomic mass is 10.2. The molecule has 0 radical (unpaired) electrons. The molecule has 13 heteroatoms. The molecule has 144 valence electrons. The summed E-state index contributed by atoms with van der Waals surface area (Å²) in [6.07, 6.45) is 0. The minimum atomic E-state index is -4.88. The first kappa shape index (κ1) is 20.3. The highest BCUT2D eigenvalue weighted by atomic mass is 32.2. The number of nitrogens with two attached hydrogens (primary N) is 2. The van der Waals surface area contributed by atoms with E-state index >= 15 is 0 Å². The predicted octanol–water partition coefficient (Wildman–Crippen LogP) is 0.342. The predicted molar refractivity (Wildman–Crippen MR) is 91.1 cm³/mol. The van der Waals surface area contributed by atoms with Gasteiger partial charge in [0, 0.05) is 11.4 Å². The molecule has 0 aliphatic rings. The zero-order valence-electron chi connectivity index (χ0n) is 13.2. The first-order valence-corrected chi connectivity index (χ1v) is 9.69. The van der Waals surface area contributed by atoms with Crippen LogP contribution >= 0.6 is 0 Å². The van der Waals surface area contributed by atoms with Gasteiger partial charge in [-0.1, -0.05) is 0 Å². The number of carbonyl (C=O) groups excluding carboxylic acids is 2. The number of hydrogen-bond acceptors (Lipinski definition) is 9. The van der Waals surface area contributed by atoms with Crippen molar-refractivity contribution >= 4 is 43.5 Å². The Morgan fingerprint density at radius 3 is 1.37 bits per heavy atom. The zero-order chi connectivity index (χ0) is 20.6. The summed E-state index contributed by atoms with van der Waals surface area (Å²) in [5.74, 6) is -3.02. The summed E-state index contributed by atoms with van der Waals surface area (Å²) in [6.45, 7) is 0. The Morgan fingerprint density at radius 1 is 0.741 bits per heavy atom. The van der Waals surface area contributed by atoms with E-state index in [9.17, 15) is 35.5 Å². The number of ether oxygens (including phenoxy) is 1. The Labute approximate surface area is 153 Å². The number of carbonyl (C=O) groups is 2.